The van der Waals surface area contributed by atoms with Gasteiger partial charge < -0.3 is 10.1 Å². The van der Waals surface area contributed by atoms with Crippen molar-refractivity contribution in [2.45, 2.75) is 39.0 Å². The number of nitriles is 1. The molecule has 130 valence electrons. The summed E-state index contributed by atoms with van der Waals surface area (Å²) in [6, 6.07) is 6.06. The Balaban J connectivity index is 1.79. The third-order valence-electron chi connectivity index (χ3n) is 4.31. The molecule has 0 saturated carbocycles. The Bertz CT molecular complexity index is 869. The van der Waals surface area contributed by atoms with Gasteiger partial charge in [-0.2, -0.15) is 10.4 Å². The van der Waals surface area contributed by atoms with Crippen molar-refractivity contribution in [2.75, 3.05) is 0 Å². The SMILES string of the molecule is C[C@@H]1Cc2c(nn(C)c2C(=O)NCc2ccc(C#N)c(F)c2)[C@H](C)O1. The van der Waals surface area contributed by atoms with Crippen molar-refractivity contribution >= 4 is 5.91 Å². The van der Waals surface area contributed by atoms with Crippen LogP contribution in [0, 0.1) is 17.1 Å². The van der Waals surface area contributed by atoms with Gasteiger partial charge in [0.25, 0.3) is 5.91 Å². The van der Waals surface area contributed by atoms with Crippen molar-refractivity contribution in [3.05, 3.63) is 52.1 Å². The van der Waals surface area contributed by atoms with Gasteiger partial charge in [0.05, 0.1) is 23.5 Å². The van der Waals surface area contributed by atoms with Gasteiger partial charge in [-0.05, 0) is 31.5 Å². The molecule has 2 heterocycles. The first kappa shape index (κ1) is 17.1. The van der Waals surface area contributed by atoms with Gasteiger partial charge in [0.1, 0.15) is 17.6 Å². The second kappa shape index (κ2) is 6.65. The molecule has 2 aromatic rings. The third kappa shape index (κ3) is 3.26. The van der Waals surface area contributed by atoms with Crippen LogP contribution in [0.3, 0.4) is 0 Å². The van der Waals surface area contributed by atoms with Crippen LogP contribution in [0.25, 0.3) is 0 Å². The Morgan fingerprint density at radius 2 is 2.28 bits per heavy atom. The normalized spacial score (nSPS) is 19.2. The lowest BCUT2D eigenvalue weighted by Gasteiger charge is -2.24. The van der Waals surface area contributed by atoms with Crippen LogP contribution in [0.2, 0.25) is 0 Å². The van der Waals surface area contributed by atoms with Gasteiger partial charge >= 0.3 is 0 Å². The van der Waals surface area contributed by atoms with Gasteiger partial charge in [-0.3, -0.25) is 9.48 Å². The molecule has 0 bridgehead atoms. The average Bonchev–Trinajstić information content (AvgIpc) is 2.89. The number of fused-ring (bicyclic) bond motifs is 1. The molecule has 2 atom stereocenters. The summed E-state index contributed by atoms with van der Waals surface area (Å²) in [5.41, 5.74) is 2.77. The number of aryl methyl sites for hydroxylation is 1. The summed E-state index contributed by atoms with van der Waals surface area (Å²) in [5.74, 6) is -0.853. The Hall–Kier alpha value is -2.72. The molecule has 1 amide bonds. The van der Waals surface area contributed by atoms with Gasteiger partial charge in [0.2, 0.25) is 0 Å². The molecule has 1 aliphatic rings. The van der Waals surface area contributed by atoms with Crippen molar-refractivity contribution in [3.8, 4) is 6.07 Å². The summed E-state index contributed by atoms with van der Waals surface area (Å²) in [7, 11) is 1.73. The third-order valence-corrected chi connectivity index (χ3v) is 4.31. The maximum absolute atomic E-state index is 13.7. The molecule has 7 heteroatoms. The number of nitrogens with zero attached hydrogens (tertiary/aromatic N) is 3. The Kier molecular flexibility index (Phi) is 4.55. The first-order valence-electron chi connectivity index (χ1n) is 8.08. The van der Waals surface area contributed by atoms with Gasteiger partial charge in [-0.15, -0.1) is 0 Å². The van der Waals surface area contributed by atoms with Crippen LogP contribution < -0.4 is 5.32 Å². The quantitative estimate of drug-likeness (QED) is 0.929. The summed E-state index contributed by atoms with van der Waals surface area (Å²) in [4.78, 5) is 12.6. The maximum Gasteiger partial charge on any atom is 0.270 e. The number of carbonyl (C=O) groups is 1. The van der Waals surface area contributed by atoms with Crippen LogP contribution in [0.15, 0.2) is 18.2 Å². The van der Waals surface area contributed by atoms with Crippen LogP contribution in [-0.2, 0) is 24.8 Å². The summed E-state index contributed by atoms with van der Waals surface area (Å²) in [6.07, 6.45) is 0.492. The minimum Gasteiger partial charge on any atom is -0.369 e. The number of rotatable bonds is 3. The van der Waals surface area contributed by atoms with E-state index in [2.05, 4.69) is 10.4 Å². The Morgan fingerprint density at radius 3 is 2.96 bits per heavy atom. The standard InChI is InChI=1S/C18H19FN4O2/c1-10-6-14-16(11(2)25-10)22-23(3)17(14)18(24)21-9-12-4-5-13(8-20)15(19)7-12/h4-5,7,10-11H,6,9H2,1-3H3,(H,21,24)/t10-,11+/m1/s1. The zero-order valence-corrected chi connectivity index (χ0v) is 14.3. The van der Waals surface area contributed by atoms with E-state index >= 15 is 0 Å². The first-order valence-corrected chi connectivity index (χ1v) is 8.08. The summed E-state index contributed by atoms with van der Waals surface area (Å²) >= 11 is 0. The van der Waals surface area contributed by atoms with Gasteiger partial charge in [0.15, 0.2) is 0 Å². The summed E-state index contributed by atoms with van der Waals surface area (Å²) in [5, 5.41) is 16.0. The lowest BCUT2D eigenvalue weighted by molar-refractivity contribution is -0.00710. The molecule has 0 fully saturated rings. The molecule has 0 spiro atoms. The topological polar surface area (TPSA) is 79.9 Å². The van der Waals surface area contributed by atoms with Crippen molar-refractivity contribution in [2.24, 2.45) is 7.05 Å². The number of halogens is 1. The van der Waals surface area contributed by atoms with E-state index in [0.717, 1.165) is 11.3 Å². The second-order valence-corrected chi connectivity index (χ2v) is 6.24. The largest absolute Gasteiger partial charge is 0.369 e. The molecule has 1 N–H and O–H groups in total. The van der Waals surface area contributed by atoms with Gasteiger partial charge in [0, 0.05) is 25.6 Å². The number of benzene rings is 1. The second-order valence-electron chi connectivity index (χ2n) is 6.24. The number of ether oxygens (including phenoxy) is 1. The fourth-order valence-corrected chi connectivity index (χ4v) is 3.17. The van der Waals surface area contributed by atoms with Crippen LogP contribution >= 0.6 is 0 Å². The van der Waals surface area contributed by atoms with Crippen molar-refractivity contribution < 1.29 is 13.9 Å². The molecule has 3 rings (SSSR count). The van der Waals surface area contributed by atoms with E-state index in [0.29, 0.717) is 17.7 Å². The van der Waals surface area contributed by atoms with Crippen molar-refractivity contribution in [3.63, 3.8) is 0 Å². The fourth-order valence-electron chi connectivity index (χ4n) is 3.17. The highest BCUT2D eigenvalue weighted by atomic mass is 19.1. The Morgan fingerprint density at radius 1 is 1.52 bits per heavy atom. The molecular formula is C18H19FN4O2. The molecule has 0 radical (unpaired) electrons. The summed E-state index contributed by atoms with van der Waals surface area (Å²) < 4.78 is 21.0. The molecule has 1 aromatic heterocycles. The molecule has 1 aliphatic heterocycles. The number of nitrogens with one attached hydrogen (secondary N) is 1. The smallest absolute Gasteiger partial charge is 0.270 e. The van der Waals surface area contributed by atoms with E-state index in [1.54, 1.807) is 23.9 Å². The van der Waals surface area contributed by atoms with Crippen LogP contribution in [0.4, 0.5) is 4.39 Å². The highest BCUT2D eigenvalue weighted by molar-refractivity contribution is 5.94. The number of carbonyl (C=O) groups excluding carboxylic acids is 1. The van der Waals surface area contributed by atoms with Crippen LogP contribution in [0.5, 0.6) is 0 Å². The number of amides is 1. The monoisotopic (exact) mass is 342 g/mol. The average molecular weight is 342 g/mol. The Labute approximate surface area is 145 Å². The van der Waals surface area contributed by atoms with E-state index in [1.165, 1.54) is 12.1 Å². The van der Waals surface area contributed by atoms with E-state index < -0.39 is 5.82 Å². The number of aromatic nitrogens is 2. The molecule has 0 saturated heterocycles. The minimum absolute atomic E-state index is 0.0150. The van der Waals surface area contributed by atoms with E-state index in [-0.39, 0.29) is 30.2 Å². The molecular weight excluding hydrogens is 323 g/mol. The van der Waals surface area contributed by atoms with E-state index in [1.807, 2.05) is 13.8 Å². The molecule has 25 heavy (non-hydrogen) atoms. The molecule has 0 unspecified atom stereocenters. The van der Waals surface area contributed by atoms with Crippen molar-refractivity contribution in [1.29, 1.82) is 5.26 Å². The number of hydrogen-bond acceptors (Lipinski definition) is 4. The maximum atomic E-state index is 13.7. The highest BCUT2D eigenvalue weighted by Crippen LogP contribution is 2.31. The fraction of sp³-hybridized carbons (Fsp3) is 0.389. The van der Waals surface area contributed by atoms with Gasteiger partial charge in [-0.25, -0.2) is 4.39 Å². The predicted octanol–water partition coefficient (Wildman–Crippen LogP) is 2.38. The lowest BCUT2D eigenvalue weighted by atomic mass is 9.99. The zero-order valence-electron chi connectivity index (χ0n) is 14.3. The number of hydrogen-bond donors (Lipinski definition) is 1. The van der Waals surface area contributed by atoms with Gasteiger partial charge in [-0.1, -0.05) is 6.07 Å². The molecule has 1 aromatic carbocycles. The first-order chi connectivity index (χ1) is 11.9. The minimum atomic E-state index is -0.591. The lowest BCUT2D eigenvalue weighted by Crippen LogP contribution is -2.28. The van der Waals surface area contributed by atoms with Crippen LogP contribution in [0.1, 0.15) is 52.8 Å². The molecule has 0 aliphatic carbocycles. The van der Waals surface area contributed by atoms with Crippen LogP contribution in [-0.4, -0.2) is 21.8 Å². The zero-order chi connectivity index (χ0) is 18.1. The van der Waals surface area contributed by atoms with E-state index in [9.17, 15) is 9.18 Å². The van der Waals surface area contributed by atoms with Crippen molar-refractivity contribution in [1.82, 2.24) is 15.1 Å². The predicted molar refractivity (Wildman–Crippen MR) is 88.2 cm³/mol. The highest BCUT2D eigenvalue weighted by Gasteiger charge is 2.31. The summed E-state index contributed by atoms with van der Waals surface area (Å²) in [6.45, 7) is 4.05. The van der Waals surface area contributed by atoms with E-state index in [4.69, 9.17) is 10.00 Å². The molecule has 6 nitrogen and oxygen atoms in total.